The Labute approximate surface area is 226 Å². The summed E-state index contributed by atoms with van der Waals surface area (Å²) in [7, 11) is 2.97. The predicted octanol–water partition coefficient (Wildman–Crippen LogP) is 5.35. The molecule has 9 heteroatoms. The van der Waals surface area contributed by atoms with Crippen LogP contribution in [-0.2, 0) is 10.3 Å². The lowest BCUT2D eigenvalue weighted by atomic mass is 9.91. The SMILES string of the molecule is COc1ccc(C(C)(NC(=O)c2ccc3c(c2)nc(-c2ccccn2)n3C2CCCCC2)C(=O)O)cc1OC. The molecule has 9 nitrogen and oxygen atoms in total. The van der Waals surface area contributed by atoms with Crippen LogP contribution < -0.4 is 14.8 Å². The van der Waals surface area contributed by atoms with Crippen LogP contribution in [0.25, 0.3) is 22.6 Å². The first-order chi connectivity index (χ1) is 18.9. The molecule has 5 rings (SSSR count). The van der Waals surface area contributed by atoms with Crippen molar-refractivity contribution in [2.45, 2.75) is 50.6 Å². The number of carboxylic acids is 1. The number of methoxy groups -OCH3 is 2. The molecule has 0 bridgehead atoms. The molecular formula is C30H32N4O5. The van der Waals surface area contributed by atoms with Gasteiger partial charge in [-0.25, -0.2) is 9.78 Å². The highest BCUT2D eigenvalue weighted by molar-refractivity contribution is 6.00. The van der Waals surface area contributed by atoms with E-state index in [-0.39, 0.29) is 0 Å². The number of fused-ring (bicyclic) bond motifs is 1. The van der Waals surface area contributed by atoms with E-state index in [1.165, 1.54) is 27.6 Å². The van der Waals surface area contributed by atoms with Gasteiger partial charge in [0.25, 0.3) is 5.91 Å². The molecule has 2 heterocycles. The molecule has 2 aromatic carbocycles. The van der Waals surface area contributed by atoms with Gasteiger partial charge >= 0.3 is 5.97 Å². The highest BCUT2D eigenvalue weighted by atomic mass is 16.5. The molecule has 202 valence electrons. The molecule has 1 aliphatic rings. The van der Waals surface area contributed by atoms with Crippen molar-refractivity contribution in [2.24, 2.45) is 0 Å². The van der Waals surface area contributed by atoms with Gasteiger partial charge in [0, 0.05) is 17.8 Å². The maximum Gasteiger partial charge on any atom is 0.333 e. The molecule has 2 aromatic heterocycles. The van der Waals surface area contributed by atoms with Crippen LogP contribution in [0.15, 0.2) is 60.8 Å². The average molecular weight is 529 g/mol. The van der Waals surface area contributed by atoms with Crippen molar-refractivity contribution in [1.82, 2.24) is 19.9 Å². The molecule has 1 amide bonds. The Bertz CT molecular complexity index is 1510. The average Bonchev–Trinajstić information content (AvgIpc) is 3.36. The molecule has 4 aromatic rings. The quantitative estimate of drug-likeness (QED) is 0.317. The second kappa shape index (κ2) is 10.8. The fraction of sp³-hybridized carbons (Fsp3) is 0.333. The number of imidazole rings is 1. The number of nitrogens with zero attached hydrogens (tertiary/aromatic N) is 3. The van der Waals surface area contributed by atoms with Gasteiger partial charge < -0.3 is 24.5 Å². The van der Waals surface area contributed by atoms with Crippen molar-refractivity contribution in [3.05, 3.63) is 71.9 Å². The van der Waals surface area contributed by atoms with E-state index in [1.54, 1.807) is 36.5 Å². The lowest BCUT2D eigenvalue weighted by Crippen LogP contribution is -2.49. The Kier molecular flexibility index (Phi) is 7.24. The van der Waals surface area contributed by atoms with E-state index >= 15 is 0 Å². The zero-order chi connectivity index (χ0) is 27.6. The number of aliphatic carboxylic acids is 1. The van der Waals surface area contributed by atoms with Crippen LogP contribution in [-0.4, -0.2) is 45.7 Å². The molecule has 0 radical (unpaired) electrons. The fourth-order valence-electron chi connectivity index (χ4n) is 5.32. The smallest absolute Gasteiger partial charge is 0.333 e. The minimum absolute atomic E-state index is 0.306. The van der Waals surface area contributed by atoms with Gasteiger partial charge in [-0.1, -0.05) is 31.4 Å². The molecule has 0 aliphatic heterocycles. The number of benzene rings is 2. The number of hydrogen-bond acceptors (Lipinski definition) is 6. The monoisotopic (exact) mass is 528 g/mol. The number of carboxylic acid groups (broad SMARTS) is 1. The highest BCUT2D eigenvalue weighted by Crippen LogP contribution is 2.36. The number of rotatable bonds is 8. The van der Waals surface area contributed by atoms with Crippen molar-refractivity contribution in [3.63, 3.8) is 0 Å². The lowest BCUT2D eigenvalue weighted by molar-refractivity contribution is -0.144. The third-order valence-electron chi connectivity index (χ3n) is 7.54. The number of pyridine rings is 1. The number of nitrogens with one attached hydrogen (secondary N) is 1. The number of amides is 1. The normalized spacial score (nSPS) is 15.5. The zero-order valence-corrected chi connectivity index (χ0v) is 22.3. The van der Waals surface area contributed by atoms with Gasteiger partial charge in [-0.2, -0.15) is 0 Å². The van der Waals surface area contributed by atoms with Gasteiger partial charge in [-0.3, -0.25) is 9.78 Å². The Morgan fingerprint density at radius 3 is 2.44 bits per heavy atom. The van der Waals surface area contributed by atoms with E-state index in [2.05, 4.69) is 14.9 Å². The Morgan fingerprint density at radius 1 is 1.00 bits per heavy atom. The van der Waals surface area contributed by atoms with Gasteiger partial charge in [0.05, 0.1) is 25.3 Å². The molecule has 2 N–H and O–H groups in total. The summed E-state index contributed by atoms with van der Waals surface area (Å²) in [6.45, 7) is 1.45. The number of carbonyl (C=O) groups is 2. The van der Waals surface area contributed by atoms with Crippen molar-refractivity contribution in [3.8, 4) is 23.0 Å². The molecule has 1 unspecified atom stereocenters. The second-order valence-corrected chi connectivity index (χ2v) is 9.97. The maximum absolute atomic E-state index is 13.4. The molecule has 1 aliphatic carbocycles. The van der Waals surface area contributed by atoms with Crippen LogP contribution in [0.2, 0.25) is 0 Å². The number of carbonyl (C=O) groups excluding carboxylic acids is 1. The first-order valence-corrected chi connectivity index (χ1v) is 13.1. The van der Waals surface area contributed by atoms with Crippen molar-refractivity contribution < 1.29 is 24.2 Å². The van der Waals surface area contributed by atoms with Crippen LogP contribution >= 0.6 is 0 Å². The molecule has 0 saturated heterocycles. The lowest BCUT2D eigenvalue weighted by Gasteiger charge is -2.27. The molecule has 0 spiro atoms. The summed E-state index contributed by atoms with van der Waals surface area (Å²) >= 11 is 0. The number of aromatic nitrogens is 3. The summed E-state index contributed by atoms with van der Waals surface area (Å²) in [5, 5.41) is 12.9. The van der Waals surface area contributed by atoms with E-state index in [0.717, 1.165) is 42.7 Å². The summed E-state index contributed by atoms with van der Waals surface area (Å²) in [4.78, 5) is 35.3. The van der Waals surface area contributed by atoms with Crippen LogP contribution in [0.1, 0.15) is 61.0 Å². The summed E-state index contributed by atoms with van der Waals surface area (Å²) in [5.74, 6) is -0.126. The minimum atomic E-state index is -1.72. The summed E-state index contributed by atoms with van der Waals surface area (Å²) in [6, 6.07) is 16.2. The molecule has 1 fully saturated rings. The molecular weight excluding hydrogens is 496 g/mol. The molecule has 1 saturated carbocycles. The molecule has 1 atom stereocenters. The van der Waals surface area contributed by atoms with Crippen molar-refractivity contribution in [1.29, 1.82) is 0 Å². The van der Waals surface area contributed by atoms with Gasteiger partial charge in [-0.05, 0) is 67.8 Å². The van der Waals surface area contributed by atoms with E-state index in [1.807, 2.05) is 24.3 Å². The fourth-order valence-corrected chi connectivity index (χ4v) is 5.32. The third kappa shape index (κ3) is 4.92. The standard InChI is InChI=1S/C30H32N4O5/c1-30(29(36)37,20-13-15-25(38-2)26(18-20)39-3)33-28(35)19-12-14-24-23(17-19)32-27(22-11-7-8-16-31-22)34(24)21-9-5-4-6-10-21/h7-8,11-18,21H,4-6,9-10H2,1-3H3,(H,33,35)(H,36,37). The minimum Gasteiger partial charge on any atom is -0.493 e. The van der Waals surface area contributed by atoms with Crippen LogP contribution in [0.3, 0.4) is 0 Å². The van der Waals surface area contributed by atoms with Crippen molar-refractivity contribution in [2.75, 3.05) is 14.2 Å². The van der Waals surface area contributed by atoms with Gasteiger partial charge in [0.1, 0.15) is 5.69 Å². The second-order valence-electron chi connectivity index (χ2n) is 9.97. The van der Waals surface area contributed by atoms with E-state index < -0.39 is 17.4 Å². The topological polar surface area (TPSA) is 116 Å². The van der Waals surface area contributed by atoms with Crippen LogP contribution in [0, 0.1) is 0 Å². The summed E-state index contributed by atoms with van der Waals surface area (Å²) in [6.07, 6.45) is 7.44. The largest absolute Gasteiger partial charge is 0.493 e. The first-order valence-electron chi connectivity index (χ1n) is 13.1. The Morgan fingerprint density at radius 2 is 1.77 bits per heavy atom. The third-order valence-corrected chi connectivity index (χ3v) is 7.54. The highest BCUT2D eigenvalue weighted by Gasteiger charge is 2.38. The van der Waals surface area contributed by atoms with E-state index in [4.69, 9.17) is 14.5 Å². The molecule has 39 heavy (non-hydrogen) atoms. The van der Waals surface area contributed by atoms with Gasteiger partial charge in [0.15, 0.2) is 22.9 Å². The number of ether oxygens (including phenoxy) is 2. The van der Waals surface area contributed by atoms with Crippen molar-refractivity contribution >= 4 is 22.9 Å². The van der Waals surface area contributed by atoms with Crippen LogP contribution in [0.4, 0.5) is 0 Å². The first kappa shape index (κ1) is 26.2. The maximum atomic E-state index is 13.4. The zero-order valence-electron chi connectivity index (χ0n) is 22.3. The Balaban J connectivity index is 1.52. The Hall–Kier alpha value is -4.40. The summed E-state index contributed by atoms with van der Waals surface area (Å²) < 4.78 is 12.9. The van der Waals surface area contributed by atoms with E-state index in [9.17, 15) is 14.7 Å². The summed E-state index contributed by atoms with van der Waals surface area (Å²) in [5.41, 5.74) is 1.32. The predicted molar refractivity (Wildman–Crippen MR) is 147 cm³/mol. The van der Waals surface area contributed by atoms with Crippen LogP contribution in [0.5, 0.6) is 11.5 Å². The van der Waals surface area contributed by atoms with E-state index in [0.29, 0.717) is 34.2 Å². The van der Waals surface area contributed by atoms with Gasteiger partial charge in [0.2, 0.25) is 0 Å². The van der Waals surface area contributed by atoms with Gasteiger partial charge in [-0.15, -0.1) is 0 Å². The number of hydrogen-bond donors (Lipinski definition) is 2.